The van der Waals surface area contributed by atoms with Crippen LogP contribution in [0.1, 0.15) is 24.8 Å². The number of hydrogen-bond donors (Lipinski definition) is 1. The van der Waals surface area contributed by atoms with Crippen LogP contribution in [0.2, 0.25) is 0 Å². The minimum absolute atomic E-state index is 0.0814. The number of fused-ring (bicyclic) bond motifs is 2. The lowest BCUT2D eigenvalue weighted by molar-refractivity contribution is -0.116. The maximum absolute atomic E-state index is 11.7. The number of aryl methyl sites for hydroxylation is 1. The number of benzene rings is 2. The summed E-state index contributed by atoms with van der Waals surface area (Å²) in [4.78, 5) is 16.8. The van der Waals surface area contributed by atoms with Gasteiger partial charge in [-0.25, -0.2) is 0 Å². The molecule has 3 aromatic rings. The van der Waals surface area contributed by atoms with E-state index in [0.29, 0.717) is 13.0 Å². The maximum Gasteiger partial charge on any atom is 0.224 e. The molecule has 2 aliphatic rings. The number of carbonyl (C=O) groups excluding carboxylic acids is 1. The number of anilines is 2. The van der Waals surface area contributed by atoms with Crippen LogP contribution in [0, 0.1) is 0 Å². The third-order valence-electron chi connectivity index (χ3n) is 6.31. The molecule has 0 unspecified atom stereocenters. The zero-order chi connectivity index (χ0) is 21.0. The molecule has 31 heavy (non-hydrogen) atoms. The van der Waals surface area contributed by atoms with Crippen LogP contribution >= 0.6 is 11.3 Å². The van der Waals surface area contributed by atoms with E-state index in [1.54, 1.807) is 0 Å². The van der Waals surface area contributed by atoms with Crippen molar-refractivity contribution in [3.8, 4) is 5.75 Å². The number of nitrogens with zero attached hydrogens (tertiary/aromatic N) is 2. The average molecular weight is 436 g/mol. The zero-order valence-corrected chi connectivity index (χ0v) is 18.6. The second-order valence-corrected chi connectivity index (χ2v) is 9.28. The second-order valence-electron chi connectivity index (χ2n) is 8.33. The van der Waals surface area contributed by atoms with Crippen molar-refractivity contribution in [2.24, 2.45) is 0 Å². The van der Waals surface area contributed by atoms with E-state index in [9.17, 15) is 4.79 Å². The number of nitrogens with one attached hydrogen (secondary N) is 1. The van der Waals surface area contributed by atoms with Gasteiger partial charge in [-0.15, -0.1) is 11.3 Å². The van der Waals surface area contributed by atoms with Crippen molar-refractivity contribution >= 4 is 38.7 Å². The van der Waals surface area contributed by atoms with Gasteiger partial charge < -0.3 is 15.0 Å². The summed E-state index contributed by atoms with van der Waals surface area (Å²) in [5, 5.41) is 6.54. The Morgan fingerprint density at radius 2 is 1.84 bits per heavy atom. The summed E-state index contributed by atoms with van der Waals surface area (Å²) >= 11 is 1.82. The summed E-state index contributed by atoms with van der Waals surface area (Å²) in [6.45, 7) is 6.19. The van der Waals surface area contributed by atoms with Gasteiger partial charge in [0.15, 0.2) is 0 Å². The number of thiophene rings is 1. The molecule has 1 N–H and O–H groups in total. The summed E-state index contributed by atoms with van der Waals surface area (Å²) in [6.07, 6.45) is 3.50. The van der Waals surface area contributed by atoms with Crippen molar-refractivity contribution in [1.29, 1.82) is 0 Å². The quantitative estimate of drug-likeness (QED) is 0.543. The van der Waals surface area contributed by atoms with Crippen LogP contribution in [-0.2, 0) is 11.2 Å². The molecular formula is C25H29N3O2S. The maximum atomic E-state index is 11.7. The molecule has 0 radical (unpaired) electrons. The number of piperazine rings is 1. The van der Waals surface area contributed by atoms with Crippen LogP contribution in [-0.4, -0.2) is 50.1 Å². The van der Waals surface area contributed by atoms with E-state index in [4.69, 9.17) is 4.74 Å². The van der Waals surface area contributed by atoms with Crippen LogP contribution in [0.3, 0.4) is 0 Å². The fourth-order valence-corrected chi connectivity index (χ4v) is 5.39. The lowest BCUT2D eigenvalue weighted by atomic mass is 10.0. The number of unbranched alkanes of at least 4 members (excludes halogenated alkanes) is 1. The van der Waals surface area contributed by atoms with Gasteiger partial charge in [-0.1, -0.05) is 18.2 Å². The van der Waals surface area contributed by atoms with E-state index in [2.05, 4.69) is 50.8 Å². The number of carbonyl (C=O) groups is 1. The molecule has 0 aliphatic carbocycles. The van der Waals surface area contributed by atoms with Gasteiger partial charge in [0.2, 0.25) is 5.91 Å². The van der Waals surface area contributed by atoms with Gasteiger partial charge in [-0.2, -0.15) is 0 Å². The molecule has 2 aliphatic heterocycles. The van der Waals surface area contributed by atoms with Gasteiger partial charge >= 0.3 is 0 Å². The van der Waals surface area contributed by atoms with Gasteiger partial charge in [0, 0.05) is 48.4 Å². The molecule has 162 valence electrons. The highest BCUT2D eigenvalue weighted by molar-refractivity contribution is 7.17. The molecule has 1 fully saturated rings. The Bertz CT molecular complexity index is 1060. The summed E-state index contributed by atoms with van der Waals surface area (Å²) in [5.74, 6) is 0.889. The Hall–Kier alpha value is -2.57. The largest absolute Gasteiger partial charge is 0.491 e. The van der Waals surface area contributed by atoms with Gasteiger partial charge in [0.1, 0.15) is 5.75 Å². The van der Waals surface area contributed by atoms with Gasteiger partial charge in [-0.05, 0) is 61.0 Å². The van der Waals surface area contributed by atoms with Crippen molar-refractivity contribution in [2.45, 2.75) is 25.7 Å². The summed E-state index contributed by atoms with van der Waals surface area (Å²) in [6, 6.07) is 14.9. The Morgan fingerprint density at radius 3 is 2.74 bits per heavy atom. The van der Waals surface area contributed by atoms with Gasteiger partial charge in [0.25, 0.3) is 0 Å². The predicted octanol–water partition coefficient (Wildman–Crippen LogP) is 4.77. The smallest absolute Gasteiger partial charge is 0.224 e. The van der Waals surface area contributed by atoms with E-state index < -0.39 is 0 Å². The van der Waals surface area contributed by atoms with Gasteiger partial charge in [0.05, 0.1) is 12.3 Å². The van der Waals surface area contributed by atoms with Gasteiger partial charge in [-0.3, -0.25) is 9.69 Å². The van der Waals surface area contributed by atoms with Crippen molar-refractivity contribution in [3.05, 3.63) is 53.4 Å². The Labute approximate surface area is 187 Å². The molecule has 2 aromatic carbocycles. The lowest BCUT2D eigenvalue weighted by Gasteiger charge is -2.36. The second kappa shape index (κ2) is 9.28. The van der Waals surface area contributed by atoms with Crippen LogP contribution in [0.4, 0.5) is 11.4 Å². The number of para-hydroxylation sites is 1. The standard InChI is InChI=1S/C25H29N3O2S/c29-24-10-9-19-5-3-7-22(25(19)26-24)30-17-2-1-12-27-13-15-28(16-14-27)21-6-4-8-23-20(21)11-18-31-23/h3-8,11,18H,1-2,9-10,12-17H2,(H,26,29). The SMILES string of the molecule is O=C1CCc2cccc(OCCCCN3CCN(c4cccc5sccc45)CC3)c2N1. The van der Waals surface area contributed by atoms with Crippen molar-refractivity contribution in [2.75, 3.05) is 49.5 Å². The highest BCUT2D eigenvalue weighted by atomic mass is 32.1. The predicted molar refractivity (Wildman–Crippen MR) is 129 cm³/mol. The van der Waals surface area contributed by atoms with E-state index >= 15 is 0 Å². The molecule has 0 atom stereocenters. The van der Waals surface area contributed by atoms with Crippen LogP contribution in [0.5, 0.6) is 5.75 Å². The average Bonchev–Trinajstić information content (AvgIpc) is 3.29. The first-order chi connectivity index (χ1) is 15.3. The van der Waals surface area contributed by atoms with E-state index in [0.717, 1.165) is 63.4 Å². The number of amides is 1. The van der Waals surface area contributed by atoms with Crippen molar-refractivity contribution in [3.63, 3.8) is 0 Å². The Morgan fingerprint density at radius 1 is 0.968 bits per heavy atom. The zero-order valence-electron chi connectivity index (χ0n) is 17.8. The van der Waals surface area contributed by atoms with Crippen molar-refractivity contribution in [1.82, 2.24) is 4.90 Å². The third kappa shape index (κ3) is 4.55. The molecule has 0 bridgehead atoms. The monoisotopic (exact) mass is 435 g/mol. The molecule has 1 amide bonds. The van der Waals surface area contributed by atoms with Crippen molar-refractivity contribution < 1.29 is 9.53 Å². The number of rotatable bonds is 7. The molecule has 5 nitrogen and oxygen atoms in total. The molecule has 1 aromatic heterocycles. The molecule has 5 rings (SSSR count). The fraction of sp³-hybridized carbons (Fsp3) is 0.400. The highest BCUT2D eigenvalue weighted by Crippen LogP contribution is 2.33. The molecular weight excluding hydrogens is 406 g/mol. The lowest BCUT2D eigenvalue weighted by Crippen LogP contribution is -2.46. The van der Waals surface area contributed by atoms with E-state index in [1.807, 2.05) is 23.5 Å². The topological polar surface area (TPSA) is 44.8 Å². The van der Waals surface area contributed by atoms with Crippen LogP contribution in [0.25, 0.3) is 10.1 Å². The van der Waals surface area contributed by atoms with Crippen LogP contribution in [0.15, 0.2) is 47.8 Å². The van der Waals surface area contributed by atoms with Crippen LogP contribution < -0.4 is 15.0 Å². The number of hydrogen-bond acceptors (Lipinski definition) is 5. The third-order valence-corrected chi connectivity index (χ3v) is 7.19. The first kappa shape index (κ1) is 20.3. The Balaban J connectivity index is 1.06. The minimum Gasteiger partial charge on any atom is -0.491 e. The first-order valence-corrected chi connectivity index (χ1v) is 12.1. The summed E-state index contributed by atoms with van der Waals surface area (Å²) in [5.41, 5.74) is 3.42. The molecule has 1 saturated heterocycles. The van der Waals surface area contributed by atoms with E-state index in [-0.39, 0.29) is 5.91 Å². The molecule has 0 saturated carbocycles. The highest BCUT2D eigenvalue weighted by Gasteiger charge is 2.20. The minimum atomic E-state index is 0.0814. The van der Waals surface area contributed by atoms with E-state index in [1.165, 1.54) is 21.3 Å². The Kier molecular flexibility index (Phi) is 6.09. The molecule has 3 heterocycles. The summed E-state index contributed by atoms with van der Waals surface area (Å²) in [7, 11) is 0. The molecule has 0 spiro atoms. The fourth-order valence-electron chi connectivity index (χ4n) is 4.58. The summed E-state index contributed by atoms with van der Waals surface area (Å²) < 4.78 is 7.38. The first-order valence-electron chi connectivity index (χ1n) is 11.3. The number of ether oxygens (including phenoxy) is 1. The molecule has 6 heteroatoms. The normalized spacial score (nSPS) is 16.9.